The quantitative estimate of drug-likeness (QED) is 0.292. The first-order valence-electron chi connectivity index (χ1n) is 4.64. The van der Waals surface area contributed by atoms with Gasteiger partial charge in [-0.05, 0) is 24.3 Å². The van der Waals surface area contributed by atoms with Crippen LogP contribution in [0.1, 0.15) is 0 Å². The van der Waals surface area contributed by atoms with Gasteiger partial charge in [-0.2, -0.15) is 0 Å². The van der Waals surface area contributed by atoms with E-state index in [1.165, 1.54) is 9.79 Å². The first-order valence-corrected chi connectivity index (χ1v) is 6.27. The minimum atomic E-state index is 0. The fourth-order valence-corrected chi connectivity index (χ4v) is 2.79. The Morgan fingerprint density at radius 3 is 1.11 bits per heavy atom. The molecule has 2 aromatic carbocycles. The standard InChI is InChI=1S/C13H13S.B.4FH/c1-14(12-8-4-2-5-9-12)13-10-6-3-7-11-13;;;;;/h2-11H,1H3;;4*1H/q+1;+3;;;;/p-4. The van der Waals surface area contributed by atoms with Gasteiger partial charge in [0.2, 0.25) is 0 Å². The smallest absolute Gasteiger partial charge is 1.00 e. The topological polar surface area (TPSA) is 0 Å². The summed E-state index contributed by atoms with van der Waals surface area (Å²) < 4.78 is 0. The molecule has 0 radical (unpaired) electrons. The third kappa shape index (κ3) is 6.91. The minimum Gasteiger partial charge on any atom is -1.00 e. The first-order chi connectivity index (χ1) is 6.88. The molecule has 0 heterocycles. The van der Waals surface area contributed by atoms with Crippen molar-refractivity contribution in [3.05, 3.63) is 60.7 Å². The molecule has 19 heavy (non-hydrogen) atoms. The molecule has 0 saturated carbocycles. The molecule has 0 aliphatic carbocycles. The molecule has 0 nitrogen and oxygen atoms in total. The normalized spacial score (nSPS) is 7.68. The maximum absolute atomic E-state index is 2.27. The second-order valence-corrected chi connectivity index (χ2v) is 5.10. The molecule has 0 amide bonds. The molecule has 0 bridgehead atoms. The fraction of sp³-hybridized carbons (Fsp3) is 0.0769. The number of rotatable bonds is 2. The van der Waals surface area contributed by atoms with Crippen LogP contribution in [0.5, 0.6) is 0 Å². The summed E-state index contributed by atoms with van der Waals surface area (Å²) in [5.41, 5.74) is 0. The van der Waals surface area contributed by atoms with Crippen LogP contribution >= 0.6 is 0 Å². The fourth-order valence-electron chi connectivity index (χ4n) is 1.39. The molecule has 2 aromatic rings. The summed E-state index contributed by atoms with van der Waals surface area (Å²) in [5, 5.41) is 0. The molecule has 0 aromatic heterocycles. The minimum absolute atomic E-state index is 0. The van der Waals surface area contributed by atoms with Crippen molar-refractivity contribution in [2.75, 3.05) is 6.26 Å². The van der Waals surface area contributed by atoms with Crippen LogP contribution in [0.25, 0.3) is 0 Å². The predicted molar refractivity (Wildman–Crippen MR) is 68.5 cm³/mol. The van der Waals surface area contributed by atoms with E-state index in [-0.39, 0.29) is 38.1 Å². The van der Waals surface area contributed by atoms with Crippen LogP contribution in [-0.4, -0.2) is 14.7 Å². The number of halogens is 4. The van der Waals surface area contributed by atoms with Crippen molar-refractivity contribution in [2.45, 2.75) is 9.79 Å². The molecule has 102 valence electrons. The second-order valence-electron chi connectivity index (χ2n) is 3.14. The Kier molecular flexibility index (Phi) is 18.0. The Morgan fingerprint density at radius 2 is 0.842 bits per heavy atom. The molecule has 0 aliphatic rings. The van der Waals surface area contributed by atoms with Gasteiger partial charge in [-0.1, -0.05) is 36.4 Å². The molecule has 2 rings (SSSR count). The molecule has 0 spiro atoms. The zero-order valence-electron chi connectivity index (χ0n) is 10.3. The largest absolute Gasteiger partial charge is 3.00 e. The maximum Gasteiger partial charge on any atom is 3.00 e. The maximum atomic E-state index is 2.27. The van der Waals surface area contributed by atoms with Crippen molar-refractivity contribution in [3.63, 3.8) is 0 Å². The molecule has 0 N–H and O–H groups in total. The summed E-state index contributed by atoms with van der Waals surface area (Å²) in [7, 11) is 0.203. The van der Waals surface area contributed by atoms with Gasteiger partial charge in [-0.3, -0.25) is 0 Å². The molecular weight excluding hydrogens is 275 g/mol. The summed E-state index contributed by atoms with van der Waals surface area (Å²) in [5.74, 6) is 0. The van der Waals surface area contributed by atoms with Gasteiger partial charge in [0.1, 0.15) is 6.26 Å². The van der Waals surface area contributed by atoms with Gasteiger partial charge in [-0.15, -0.1) is 0 Å². The van der Waals surface area contributed by atoms with Crippen molar-refractivity contribution in [1.82, 2.24) is 0 Å². The molecule has 0 fully saturated rings. The average Bonchev–Trinajstić information content (AvgIpc) is 2.30. The number of benzene rings is 2. The Labute approximate surface area is 115 Å². The van der Waals surface area contributed by atoms with Crippen LogP contribution in [0.15, 0.2) is 70.5 Å². The van der Waals surface area contributed by atoms with Crippen molar-refractivity contribution >= 4 is 19.3 Å². The van der Waals surface area contributed by atoms with E-state index in [4.69, 9.17) is 0 Å². The summed E-state index contributed by atoms with van der Waals surface area (Å²) in [6, 6.07) is 21.3. The van der Waals surface area contributed by atoms with E-state index in [0.717, 1.165) is 0 Å². The molecule has 0 saturated heterocycles. The van der Waals surface area contributed by atoms with E-state index in [1.54, 1.807) is 0 Å². The SMILES string of the molecule is C[S+](c1ccccc1)c1ccccc1.[B+3].[F-].[F-].[F-].[F-]. The van der Waals surface area contributed by atoms with Crippen LogP contribution in [0.4, 0.5) is 0 Å². The van der Waals surface area contributed by atoms with Gasteiger partial charge in [0.25, 0.3) is 0 Å². The van der Waals surface area contributed by atoms with E-state index in [2.05, 4.69) is 66.9 Å². The molecule has 0 unspecified atom stereocenters. The van der Waals surface area contributed by atoms with Crippen molar-refractivity contribution in [1.29, 1.82) is 0 Å². The van der Waals surface area contributed by atoms with Crippen molar-refractivity contribution in [2.24, 2.45) is 0 Å². The predicted octanol–water partition coefficient (Wildman–Crippen LogP) is -9.01. The van der Waals surface area contributed by atoms with Gasteiger partial charge in [0.15, 0.2) is 9.79 Å². The van der Waals surface area contributed by atoms with E-state index in [0.29, 0.717) is 0 Å². The average molecular weight is 288 g/mol. The summed E-state index contributed by atoms with van der Waals surface area (Å²) in [6.07, 6.45) is 2.27. The zero-order chi connectivity index (χ0) is 9.80. The monoisotopic (exact) mass is 288 g/mol. The summed E-state index contributed by atoms with van der Waals surface area (Å²) in [6.45, 7) is 0. The third-order valence-corrected chi connectivity index (χ3v) is 4.15. The van der Waals surface area contributed by atoms with Gasteiger partial charge in [-0.25, -0.2) is 0 Å². The van der Waals surface area contributed by atoms with E-state index < -0.39 is 0 Å². The second kappa shape index (κ2) is 13.0. The summed E-state index contributed by atoms with van der Waals surface area (Å²) >= 11 is 0. The molecule has 0 aliphatic heterocycles. The van der Waals surface area contributed by atoms with Crippen LogP contribution in [0.2, 0.25) is 0 Å². The molecular formula is C13H13BF4S. The van der Waals surface area contributed by atoms with E-state index in [1.807, 2.05) is 0 Å². The van der Waals surface area contributed by atoms with Gasteiger partial charge in [0.05, 0.1) is 10.9 Å². The Balaban J connectivity index is -0.000000225. The van der Waals surface area contributed by atoms with E-state index in [9.17, 15) is 0 Å². The summed E-state index contributed by atoms with van der Waals surface area (Å²) in [4.78, 5) is 2.80. The Bertz CT molecular complexity index is 360. The van der Waals surface area contributed by atoms with Crippen LogP contribution in [0, 0.1) is 0 Å². The van der Waals surface area contributed by atoms with Crippen LogP contribution < -0.4 is 18.8 Å². The van der Waals surface area contributed by atoms with Crippen molar-refractivity contribution in [3.8, 4) is 0 Å². The van der Waals surface area contributed by atoms with Crippen LogP contribution in [0.3, 0.4) is 0 Å². The van der Waals surface area contributed by atoms with E-state index >= 15 is 0 Å². The van der Waals surface area contributed by atoms with Crippen LogP contribution in [-0.2, 0) is 10.9 Å². The van der Waals surface area contributed by atoms with Gasteiger partial charge < -0.3 is 18.8 Å². The Morgan fingerprint density at radius 1 is 0.579 bits per heavy atom. The third-order valence-electron chi connectivity index (χ3n) is 2.19. The zero-order valence-corrected chi connectivity index (χ0v) is 11.1. The van der Waals surface area contributed by atoms with Crippen molar-refractivity contribution < 1.29 is 18.8 Å². The first kappa shape index (κ1) is 26.2. The van der Waals surface area contributed by atoms with Gasteiger partial charge >= 0.3 is 8.41 Å². The number of hydrogen-bond acceptors (Lipinski definition) is 0. The number of hydrogen-bond donors (Lipinski definition) is 0. The molecule has 6 heteroatoms. The van der Waals surface area contributed by atoms with Gasteiger partial charge in [0, 0.05) is 0 Å². The Hall–Kier alpha value is -1.43. The molecule has 0 atom stereocenters.